The molecule has 2 aromatic rings. The molecule has 0 bridgehead atoms. The molecule has 17 heavy (non-hydrogen) atoms. The van der Waals surface area contributed by atoms with Crippen molar-refractivity contribution in [1.82, 2.24) is 9.97 Å². The quantitative estimate of drug-likeness (QED) is 0.807. The third-order valence-corrected chi connectivity index (χ3v) is 3.77. The van der Waals surface area contributed by atoms with Crippen molar-refractivity contribution in [3.05, 3.63) is 28.4 Å². The number of nitrogens with zero attached hydrogens (tertiary/aromatic N) is 3. The molecule has 2 heterocycles. The first-order chi connectivity index (χ1) is 8.24. The third kappa shape index (κ3) is 2.02. The van der Waals surface area contributed by atoms with Crippen LogP contribution < -0.4 is 4.90 Å². The molecular weight excluding hydrogens is 278 g/mol. The van der Waals surface area contributed by atoms with Gasteiger partial charge in [0.05, 0.1) is 11.7 Å². The number of benzene rings is 1. The molecule has 1 fully saturated rings. The van der Waals surface area contributed by atoms with E-state index in [1.165, 1.54) is 18.4 Å². The molecule has 3 nitrogen and oxygen atoms in total. The van der Waals surface area contributed by atoms with E-state index in [0.717, 1.165) is 34.4 Å². The highest BCUT2D eigenvalue weighted by atomic mass is 79.9. The maximum Gasteiger partial charge on any atom is 0.147 e. The van der Waals surface area contributed by atoms with Crippen LogP contribution in [-0.2, 0) is 0 Å². The molecule has 0 atom stereocenters. The molecule has 1 aromatic carbocycles. The van der Waals surface area contributed by atoms with Crippen LogP contribution in [0.15, 0.2) is 22.8 Å². The van der Waals surface area contributed by atoms with Crippen LogP contribution in [0.1, 0.15) is 18.4 Å². The fourth-order valence-electron chi connectivity index (χ4n) is 2.30. The molecule has 4 heteroatoms. The Bertz CT molecular complexity index is 562. The van der Waals surface area contributed by atoms with Crippen LogP contribution in [0.5, 0.6) is 0 Å². The second-order valence-electron chi connectivity index (χ2n) is 4.54. The molecule has 0 amide bonds. The first kappa shape index (κ1) is 11.0. The molecule has 0 unspecified atom stereocenters. The van der Waals surface area contributed by atoms with Crippen LogP contribution in [0.2, 0.25) is 0 Å². The topological polar surface area (TPSA) is 29.0 Å². The molecule has 1 aliphatic heterocycles. The van der Waals surface area contributed by atoms with Crippen LogP contribution in [-0.4, -0.2) is 23.1 Å². The van der Waals surface area contributed by atoms with E-state index < -0.39 is 0 Å². The average Bonchev–Trinajstić information content (AvgIpc) is 2.81. The molecule has 0 aliphatic carbocycles. The minimum absolute atomic E-state index is 0.943. The summed E-state index contributed by atoms with van der Waals surface area (Å²) in [6, 6.07) is 4.17. The highest BCUT2D eigenvalue weighted by molar-refractivity contribution is 9.10. The minimum Gasteiger partial charge on any atom is -0.355 e. The van der Waals surface area contributed by atoms with Crippen molar-refractivity contribution in [2.24, 2.45) is 0 Å². The van der Waals surface area contributed by atoms with Crippen molar-refractivity contribution in [2.75, 3.05) is 18.0 Å². The largest absolute Gasteiger partial charge is 0.355 e. The highest BCUT2D eigenvalue weighted by Gasteiger charge is 2.14. The first-order valence-electron chi connectivity index (χ1n) is 5.92. The van der Waals surface area contributed by atoms with Gasteiger partial charge in [0.15, 0.2) is 0 Å². The van der Waals surface area contributed by atoms with Crippen molar-refractivity contribution < 1.29 is 0 Å². The fraction of sp³-hybridized carbons (Fsp3) is 0.385. The van der Waals surface area contributed by atoms with Gasteiger partial charge in [-0.25, -0.2) is 9.97 Å². The molecule has 0 radical (unpaired) electrons. The van der Waals surface area contributed by atoms with E-state index in [1.54, 1.807) is 0 Å². The summed E-state index contributed by atoms with van der Waals surface area (Å²) >= 11 is 3.54. The van der Waals surface area contributed by atoms with Gasteiger partial charge in [-0.1, -0.05) is 0 Å². The van der Waals surface area contributed by atoms with Crippen LogP contribution >= 0.6 is 15.9 Å². The number of fused-ring (bicyclic) bond motifs is 1. The Labute approximate surface area is 109 Å². The summed E-state index contributed by atoms with van der Waals surface area (Å²) in [4.78, 5) is 11.5. The predicted octanol–water partition coefficient (Wildman–Crippen LogP) is 3.30. The monoisotopic (exact) mass is 291 g/mol. The summed E-state index contributed by atoms with van der Waals surface area (Å²) in [5.41, 5.74) is 3.12. The number of hydrogen-bond donors (Lipinski definition) is 0. The normalized spacial score (nSPS) is 15.8. The number of rotatable bonds is 1. The molecule has 1 saturated heterocycles. The molecule has 0 saturated carbocycles. The Balaban J connectivity index is 2.11. The summed E-state index contributed by atoms with van der Waals surface area (Å²) in [6.45, 7) is 4.29. The van der Waals surface area contributed by atoms with Gasteiger partial charge in [-0.3, -0.25) is 0 Å². The number of aryl methyl sites for hydroxylation is 1. The average molecular weight is 292 g/mol. The number of halogens is 1. The van der Waals surface area contributed by atoms with Gasteiger partial charge in [0.2, 0.25) is 0 Å². The van der Waals surface area contributed by atoms with Gasteiger partial charge in [-0.05, 0) is 53.4 Å². The maximum atomic E-state index is 4.71. The summed E-state index contributed by atoms with van der Waals surface area (Å²) in [5, 5.41) is 0. The van der Waals surface area contributed by atoms with Crippen molar-refractivity contribution in [2.45, 2.75) is 19.8 Å². The highest BCUT2D eigenvalue weighted by Crippen LogP contribution is 2.25. The summed E-state index contributed by atoms with van der Waals surface area (Å²) in [5.74, 6) is 1.01. The molecular formula is C13H14BrN3. The Morgan fingerprint density at radius 1 is 1.24 bits per heavy atom. The molecule has 1 aromatic heterocycles. The van der Waals surface area contributed by atoms with Gasteiger partial charge < -0.3 is 4.90 Å². The Morgan fingerprint density at radius 2 is 2.00 bits per heavy atom. The zero-order valence-corrected chi connectivity index (χ0v) is 11.4. The minimum atomic E-state index is 0.943. The van der Waals surface area contributed by atoms with Crippen LogP contribution in [0, 0.1) is 6.92 Å². The lowest BCUT2D eigenvalue weighted by molar-refractivity contribution is 0.936. The van der Waals surface area contributed by atoms with Gasteiger partial charge in [0.25, 0.3) is 0 Å². The Hall–Kier alpha value is -1.16. The van der Waals surface area contributed by atoms with E-state index in [9.17, 15) is 0 Å². The second-order valence-corrected chi connectivity index (χ2v) is 5.39. The van der Waals surface area contributed by atoms with Gasteiger partial charge in [-0.15, -0.1) is 0 Å². The van der Waals surface area contributed by atoms with E-state index in [1.807, 2.05) is 6.20 Å². The molecule has 1 aliphatic rings. The van der Waals surface area contributed by atoms with E-state index >= 15 is 0 Å². The zero-order chi connectivity index (χ0) is 11.8. The van der Waals surface area contributed by atoms with E-state index in [2.05, 4.69) is 44.9 Å². The lowest BCUT2D eigenvalue weighted by atomic mass is 10.2. The standard InChI is InChI=1S/C13H14BrN3/c1-9-6-10(14)13-11(7-9)16-12(8-15-13)17-4-2-3-5-17/h6-8H,2-5H2,1H3. The van der Waals surface area contributed by atoms with E-state index in [4.69, 9.17) is 4.98 Å². The molecule has 3 rings (SSSR count). The third-order valence-electron chi connectivity index (χ3n) is 3.16. The molecule has 88 valence electrons. The number of aromatic nitrogens is 2. The fourth-order valence-corrected chi connectivity index (χ4v) is 2.97. The van der Waals surface area contributed by atoms with Crippen molar-refractivity contribution in [3.8, 4) is 0 Å². The molecule has 0 spiro atoms. The van der Waals surface area contributed by atoms with E-state index in [-0.39, 0.29) is 0 Å². The van der Waals surface area contributed by atoms with Crippen molar-refractivity contribution in [1.29, 1.82) is 0 Å². The van der Waals surface area contributed by atoms with Gasteiger partial charge >= 0.3 is 0 Å². The predicted molar refractivity (Wildman–Crippen MR) is 73.4 cm³/mol. The SMILES string of the molecule is Cc1cc(Br)c2ncc(N3CCCC3)nc2c1. The first-order valence-corrected chi connectivity index (χ1v) is 6.71. The van der Waals surface area contributed by atoms with Gasteiger partial charge in [0.1, 0.15) is 11.3 Å². The number of hydrogen-bond acceptors (Lipinski definition) is 3. The Kier molecular flexibility index (Phi) is 2.74. The second kappa shape index (κ2) is 4.26. The van der Waals surface area contributed by atoms with Gasteiger partial charge in [-0.2, -0.15) is 0 Å². The summed E-state index contributed by atoms with van der Waals surface area (Å²) in [6.07, 6.45) is 4.40. The van der Waals surface area contributed by atoms with Crippen LogP contribution in [0.25, 0.3) is 11.0 Å². The Morgan fingerprint density at radius 3 is 2.76 bits per heavy atom. The smallest absolute Gasteiger partial charge is 0.147 e. The zero-order valence-electron chi connectivity index (χ0n) is 9.78. The van der Waals surface area contributed by atoms with Crippen LogP contribution in [0.4, 0.5) is 5.82 Å². The lowest BCUT2D eigenvalue weighted by Gasteiger charge is -2.16. The molecule has 0 N–H and O–H groups in total. The van der Waals surface area contributed by atoms with Crippen molar-refractivity contribution >= 4 is 32.8 Å². The van der Waals surface area contributed by atoms with Crippen molar-refractivity contribution in [3.63, 3.8) is 0 Å². The van der Waals surface area contributed by atoms with Gasteiger partial charge in [0, 0.05) is 17.6 Å². The lowest BCUT2D eigenvalue weighted by Crippen LogP contribution is -2.19. The maximum absolute atomic E-state index is 4.71. The van der Waals surface area contributed by atoms with Crippen LogP contribution in [0.3, 0.4) is 0 Å². The number of anilines is 1. The summed E-state index contributed by atoms with van der Waals surface area (Å²) in [7, 11) is 0. The summed E-state index contributed by atoms with van der Waals surface area (Å²) < 4.78 is 1.02. The van der Waals surface area contributed by atoms with E-state index in [0.29, 0.717) is 0 Å².